The molecular weight excluding hydrogens is 365 g/mol. The number of hydrogen-bond acceptors (Lipinski definition) is 5. The van der Waals surface area contributed by atoms with Crippen molar-refractivity contribution in [2.45, 2.75) is 52.3 Å². The van der Waals surface area contributed by atoms with Crippen LogP contribution in [-0.2, 0) is 9.53 Å². The smallest absolute Gasteiger partial charge is 0.422 e. The number of alkyl halides is 3. The van der Waals surface area contributed by atoms with Gasteiger partial charge in [-0.2, -0.15) is 13.2 Å². The van der Waals surface area contributed by atoms with Gasteiger partial charge in [0.1, 0.15) is 0 Å². The Morgan fingerprint density at radius 1 is 1.19 bits per heavy atom. The molecule has 1 heterocycles. The zero-order valence-electron chi connectivity index (χ0n) is 15.6. The van der Waals surface area contributed by atoms with Gasteiger partial charge in [0.05, 0.1) is 5.56 Å². The van der Waals surface area contributed by atoms with Crippen molar-refractivity contribution in [1.82, 2.24) is 10.3 Å². The summed E-state index contributed by atoms with van der Waals surface area (Å²) >= 11 is 0. The fourth-order valence-corrected chi connectivity index (χ4v) is 2.18. The van der Waals surface area contributed by atoms with Gasteiger partial charge in [0.2, 0.25) is 5.88 Å². The summed E-state index contributed by atoms with van der Waals surface area (Å²) in [5.41, 5.74) is 0.00661. The third kappa shape index (κ3) is 10.4. The van der Waals surface area contributed by atoms with E-state index in [1.807, 2.05) is 6.92 Å². The summed E-state index contributed by atoms with van der Waals surface area (Å²) in [6.45, 7) is 4.22. The summed E-state index contributed by atoms with van der Waals surface area (Å²) in [5, 5.41) is 2.74. The molecule has 0 aliphatic rings. The van der Waals surface area contributed by atoms with Gasteiger partial charge < -0.3 is 14.8 Å². The lowest BCUT2D eigenvalue weighted by Gasteiger charge is -2.14. The minimum absolute atomic E-state index is 0.00661. The number of carbonyl (C=O) groups is 2. The van der Waals surface area contributed by atoms with Crippen molar-refractivity contribution in [2.75, 3.05) is 13.2 Å². The van der Waals surface area contributed by atoms with Crippen LogP contribution in [0.15, 0.2) is 18.3 Å². The quantitative estimate of drug-likeness (QED) is 0.619. The van der Waals surface area contributed by atoms with Crippen LogP contribution in [0, 0.1) is 5.92 Å². The SMILES string of the molecule is CC(C)CCCC(C)NC(=O)COC(=O)c1ccc(OCC(F)(F)F)nc1. The highest BCUT2D eigenvalue weighted by Crippen LogP contribution is 2.17. The first-order chi connectivity index (χ1) is 12.6. The van der Waals surface area contributed by atoms with Gasteiger partial charge in [0, 0.05) is 18.3 Å². The molecule has 1 N–H and O–H groups in total. The molecule has 1 amide bonds. The normalized spacial score (nSPS) is 12.6. The van der Waals surface area contributed by atoms with E-state index in [4.69, 9.17) is 4.74 Å². The first-order valence-electron chi connectivity index (χ1n) is 8.69. The molecule has 0 spiro atoms. The first-order valence-corrected chi connectivity index (χ1v) is 8.69. The van der Waals surface area contributed by atoms with Gasteiger partial charge in [-0.05, 0) is 25.3 Å². The lowest BCUT2D eigenvalue weighted by molar-refractivity contribution is -0.154. The minimum Gasteiger partial charge on any atom is -0.468 e. The summed E-state index contributed by atoms with van der Waals surface area (Å²) in [6, 6.07) is 2.31. The van der Waals surface area contributed by atoms with Crippen LogP contribution in [-0.4, -0.2) is 42.3 Å². The molecular formula is C18H25F3N2O4. The summed E-state index contributed by atoms with van der Waals surface area (Å²) < 4.78 is 45.5. The number of pyridine rings is 1. The molecule has 0 fully saturated rings. The van der Waals surface area contributed by atoms with Gasteiger partial charge in [-0.1, -0.05) is 26.7 Å². The number of esters is 1. The minimum atomic E-state index is -4.47. The Bertz CT molecular complexity index is 604. The molecule has 0 bridgehead atoms. The first kappa shape index (κ1) is 22.7. The van der Waals surface area contributed by atoms with E-state index >= 15 is 0 Å². The second-order valence-corrected chi connectivity index (χ2v) is 6.66. The Balaban J connectivity index is 2.35. The molecule has 0 saturated heterocycles. The van der Waals surface area contributed by atoms with Gasteiger partial charge in [-0.25, -0.2) is 9.78 Å². The standard InChI is InChI=1S/C18H25F3N2O4/c1-12(2)5-4-6-13(3)23-15(24)10-26-17(25)14-7-8-16(22-9-14)27-11-18(19,20)21/h7-9,12-13H,4-6,10-11H2,1-3H3,(H,23,24). The predicted octanol–water partition coefficient (Wildman–Crippen LogP) is 3.51. The molecule has 9 heteroatoms. The van der Waals surface area contributed by atoms with Crippen molar-refractivity contribution in [2.24, 2.45) is 5.92 Å². The number of aromatic nitrogens is 1. The van der Waals surface area contributed by atoms with Crippen molar-refractivity contribution < 1.29 is 32.2 Å². The van der Waals surface area contributed by atoms with Gasteiger partial charge in [-0.15, -0.1) is 0 Å². The van der Waals surface area contributed by atoms with Crippen molar-refractivity contribution in [1.29, 1.82) is 0 Å². The third-order valence-electron chi connectivity index (χ3n) is 3.52. The topological polar surface area (TPSA) is 77.5 Å². The van der Waals surface area contributed by atoms with Crippen LogP contribution < -0.4 is 10.1 Å². The molecule has 0 radical (unpaired) electrons. The number of ether oxygens (including phenoxy) is 2. The summed E-state index contributed by atoms with van der Waals surface area (Å²) in [5.74, 6) is -0.879. The molecule has 6 nitrogen and oxygen atoms in total. The Hall–Kier alpha value is -2.32. The molecule has 0 aliphatic carbocycles. The molecule has 1 rings (SSSR count). The Morgan fingerprint density at radius 3 is 2.44 bits per heavy atom. The average molecular weight is 390 g/mol. The van der Waals surface area contributed by atoms with Crippen LogP contribution in [0.25, 0.3) is 0 Å². The van der Waals surface area contributed by atoms with Gasteiger partial charge in [-0.3, -0.25) is 4.79 Å². The highest BCUT2D eigenvalue weighted by Gasteiger charge is 2.28. The average Bonchev–Trinajstić information content (AvgIpc) is 2.57. The maximum Gasteiger partial charge on any atom is 0.422 e. The van der Waals surface area contributed by atoms with E-state index in [-0.39, 0.29) is 17.5 Å². The molecule has 0 saturated carbocycles. The number of hydrogen-bond donors (Lipinski definition) is 1. The van der Waals surface area contributed by atoms with E-state index in [9.17, 15) is 22.8 Å². The molecule has 27 heavy (non-hydrogen) atoms. The van der Waals surface area contributed by atoms with Crippen LogP contribution in [0.3, 0.4) is 0 Å². The molecule has 152 valence electrons. The molecule has 1 atom stereocenters. The fraction of sp³-hybridized carbons (Fsp3) is 0.611. The Morgan fingerprint density at radius 2 is 1.89 bits per heavy atom. The lowest BCUT2D eigenvalue weighted by Crippen LogP contribution is -2.35. The van der Waals surface area contributed by atoms with Crippen LogP contribution in [0.5, 0.6) is 5.88 Å². The number of nitrogens with zero attached hydrogens (tertiary/aromatic N) is 1. The monoisotopic (exact) mass is 390 g/mol. The van der Waals surface area contributed by atoms with E-state index in [1.54, 1.807) is 0 Å². The number of carbonyl (C=O) groups excluding carboxylic acids is 2. The zero-order chi connectivity index (χ0) is 20.4. The molecule has 0 aromatic carbocycles. The largest absolute Gasteiger partial charge is 0.468 e. The van der Waals surface area contributed by atoms with Crippen LogP contribution >= 0.6 is 0 Å². The summed E-state index contributed by atoms with van der Waals surface area (Å²) in [7, 11) is 0. The maximum absolute atomic E-state index is 12.1. The van der Waals surface area contributed by atoms with E-state index < -0.39 is 31.3 Å². The van der Waals surface area contributed by atoms with Crippen LogP contribution in [0.2, 0.25) is 0 Å². The van der Waals surface area contributed by atoms with Crippen molar-refractivity contribution in [3.8, 4) is 5.88 Å². The van der Waals surface area contributed by atoms with Crippen LogP contribution in [0.4, 0.5) is 13.2 Å². The summed E-state index contributed by atoms with van der Waals surface area (Å²) in [6.07, 6.45) is -0.543. The third-order valence-corrected chi connectivity index (χ3v) is 3.52. The number of amides is 1. The number of halogens is 3. The Labute approximate surface area is 156 Å². The summed E-state index contributed by atoms with van der Waals surface area (Å²) in [4.78, 5) is 27.2. The van der Waals surface area contributed by atoms with Crippen molar-refractivity contribution in [3.63, 3.8) is 0 Å². The fourth-order valence-electron chi connectivity index (χ4n) is 2.18. The molecule has 1 unspecified atom stereocenters. The Kier molecular flexibility index (Phi) is 9.04. The number of nitrogens with one attached hydrogen (secondary N) is 1. The van der Waals surface area contributed by atoms with Gasteiger partial charge >= 0.3 is 12.1 Å². The van der Waals surface area contributed by atoms with E-state index in [0.29, 0.717) is 5.92 Å². The molecule has 1 aromatic rings. The van der Waals surface area contributed by atoms with E-state index in [1.165, 1.54) is 6.07 Å². The highest BCUT2D eigenvalue weighted by molar-refractivity contribution is 5.91. The van der Waals surface area contributed by atoms with Gasteiger partial charge in [0.25, 0.3) is 5.91 Å². The van der Waals surface area contributed by atoms with Gasteiger partial charge in [0.15, 0.2) is 13.2 Å². The molecule has 1 aromatic heterocycles. The predicted molar refractivity (Wildman–Crippen MR) is 92.4 cm³/mol. The second-order valence-electron chi connectivity index (χ2n) is 6.66. The second kappa shape index (κ2) is 10.7. The van der Waals surface area contributed by atoms with Crippen LogP contribution in [0.1, 0.15) is 50.4 Å². The lowest BCUT2D eigenvalue weighted by atomic mass is 10.0. The highest BCUT2D eigenvalue weighted by atomic mass is 19.4. The zero-order valence-corrected chi connectivity index (χ0v) is 15.6. The van der Waals surface area contributed by atoms with Crippen molar-refractivity contribution >= 4 is 11.9 Å². The van der Waals surface area contributed by atoms with E-state index in [2.05, 4.69) is 28.9 Å². The van der Waals surface area contributed by atoms with E-state index in [0.717, 1.165) is 31.5 Å². The molecule has 0 aliphatic heterocycles. The maximum atomic E-state index is 12.1. The number of rotatable bonds is 10. The van der Waals surface area contributed by atoms with Crippen molar-refractivity contribution in [3.05, 3.63) is 23.9 Å².